The van der Waals surface area contributed by atoms with Gasteiger partial charge in [-0.25, -0.2) is 4.85 Å². The summed E-state index contributed by atoms with van der Waals surface area (Å²) in [5, 5.41) is 0.775. The fraction of sp³-hybridized carbons (Fsp3) is 0.125. The second-order valence-electron chi connectivity index (χ2n) is 2.00. The van der Waals surface area contributed by atoms with Crippen LogP contribution in [0.2, 0.25) is 0 Å². The van der Waals surface area contributed by atoms with Gasteiger partial charge >= 0.3 is 0 Å². The van der Waals surface area contributed by atoms with Crippen molar-refractivity contribution in [3.05, 3.63) is 39.7 Å². The van der Waals surface area contributed by atoms with Gasteiger partial charge in [-0.1, -0.05) is 50.1 Å². The zero-order valence-corrected chi connectivity index (χ0v) is 8.81. The highest BCUT2D eigenvalue weighted by molar-refractivity contribution is 9.11. The van der Waals surface area contributed by atoms with Crippen LogP contribution in [0.15, 0.2) is 22.7 Å². The normalized spacial score (nSPS) is 9.18. The molecule has 1 aromatic carbocycles. The molecule has 1 nitrogen and oxygen atoms in total. The highest BCUT2D eigenvalue weighted by Crippen LogP contribution is 2.29. The van der Waals surface area contributed by atoms with Gasteiger partial charge in [0.1, 0.15) is 0 Å². The van der Waals surface area contributed by atoms with E-state index in [9.17, 15) is 0 Å². The number of hydrogen-bond acceptors (Lipinski definition) is 0. The first-order valence-corrected chi connectivity index (χ1v) is 4.92. The van der Waals surface area contributed by atoms with Crippen LogP contribution in [0, 0.1) is 6.57 Å². The zero-order chi connectivity index (χ0) is 8.27. The van der Waals surface area contributed by atoms with E-state index in [4.69, 9.17) is 6.57 Å². The molecule has 0 saturated carbocycles. The topological polar surface area (TPSA) is 4.36 Å². The van der Waals surface area contributed by atoms with Gasteiger partial charge in [0, 0.05) is 9.80 Å². The third-order valence-electron chi connectivity index (χ3n) is 1.32. The summed E-state index contributed by atoms with van der Waals surface area (Å²) in [5.74, 6) is 0. The molecule has 1 aromatic rings. The van der Waals surface area contributed by atoms with Crippen LogP contribution < -0.4 is 0 Å². The number of alkyl halides is 1. The average molecular weight is 275 g/mol. The monoisotopic (exact) mass is 273 g/mol. The molecule has 0 spiro atoms. The molecule has 1 rings (SSSR count). The summed E-state index contributed by atoms with van der Waals surface area (Å²) in [7, 11) is 0. The molecule has 0 atom stereocenters. The minimum Gasteiger partial charge on any atom is -0.237 e. The van der Waals surface area contributed by atoms with Crippen molar-refractivity contribution in [2.75, 3.05) is 0 Å². The Labute approximate surface area is 82.5 Å². The summed E-state index contributed by atoms with van der Waals surface area (Å²) >= 11 is 6.70. The van der Waals surface area contributed by atoms with Crippen molar-refractivity contribution in [1.82, 2.24) is 0 Å². The van der Waals surface area contributed by atoms with E-state index >= 15 is 0 Å². The van der Waals surface area contributed by atoms with Gasteiger partial charge in [-0.05, 0) is 5.56 Å². The van der Waals surface area contributed by atoms with Crippen LogP contribution in [0.5, 0.6) is 0 Å². The largest absolute Gasteiger partial charge is 0.237 e. The van der Waals surface area contributed by atoms with Crippen molar-refractivity contribution in [3.8, 4) is 0 Å². The molecule has 0 saturated heterocycles. The van der Waals surface area contributed by atoms with E-state index in [1.54, 1.807) is 6.07 Å². The van der Waals surface area contributed by atoms with Crippen LogP contribution in [-0.4, -0.2) is 0 Å². The van der Waals surface area contributed by atoms with Crippen molar-refractivity contribution in [2.24, 2.45) is 0 Å². The Kier molecular flexibility index (Phi) is 3.10. The molecule has 0 amide bonds. The Morgan fingerprint density at radius 2 is 2.18 bits per heavy atom. The summed E-state index contributed by atoms with van der Waals surface area (Å²) < 4.78 is 0.895. The predicted molar refractivity (Wildman–Crippen MR) is 53.0 cm³/mol. The van der Waals surface area contributed by atoms with Gasteiger partial charge in [-0.15, -0.1) is 0 Å². The number of hydrogen-bond donors (Lipinski definition) is 0. The van der Waals surface area contributed by atoms with Crippen molar-refractivity contribution in [2.45, 2.75) is 5.33 Å². The van der Waals surface area contributed by atoms with Crippen LogP contribution in [0.3, 0.4) is 0 Å². The molecule has 0 unspecified atom stereocenters. The van der Waals surface area contributed by atoms with Crippen LogP contribution in [0.1, 0.15) is 5.56 Å². The Balaban J connectivity index is 3.23. The summed E-state index contributed by atoms with van der Waals surface area (Å²) in [6, 6.07) is 5.66. The Morgan fingerprint density at radius 3 is 2.73 bits per heavy atom. The van der Waals surface area contributed by atoms with Gasteiger partial charge in [0.05, 0.1) is 6.57 Å². The molecule has 3 heteroatoms. The molecule has 0 heterocycles. The smallest absolute Gasteiger partial charge is 0.201 e. The Hall–Kier alpha value is -0.330. The maximum atomic E-state index is 6.84. The van der Waals surface area contributed by atoms with Gasteiger partial charge in [0.15, 0.2) is 0 Å². The van der Waals surface area contributed by atoms with Gasteiger partial charge in [0.2, 0.25) is 5.69 Å². The molecule has 0 aliphatic heterocycles. The standard InChI is InChI=1S/C8H5Br2N/c1-11-7-4-2-3-6(5-9)8(7)10/h2-4H,5H2. The van der Waals surface area contributed by atoms with E-state index in [1.165, 1.54) is 0 Å². The molecule has 56 valence electrons. The van der Waals surface area contributed by atoms with Crippen LogP contribution in [-0.2, 0) is 5.33 Å². The first-order chi connectivity index (χ1) is 5.29. The number of nitrogens with zero attached hydrogens (tertiary/aromatic N) is 1. The number of rotatable bonds is 1. The minimum atomic E-state index is 0.668. The maximum Gasteiger partial charge on any atom is 0.201 e. The lowest BCUT2D eigenvalue weighted by atomic mass is 10.2. The van der Waals surface area contributed by atoms with Crippen LogP contribution in [0.25, 0.3) is 4.85 Å². The van der Waals surface area contributed by atoms with E-state index in [0.717, 1.165) is 15.4 Å². The van der Waals surface area contributed by atoms with Crippen molar-refractivity contribution in [1.29, 1.82) is 0 Å². The zero-order valence-electron chi connectivity index (χ0n) is 5.64. The second-order valence-corrected chi connectivity index (χ2v) is 3.35. The first kappa shape index (κ1) is 8.76. The summed E-state index contributed by atoms with van der Waals surface area (Å²) in [6.45, 7) is 6.84. The molecule has 0 N–H and O–H groups in total. The molecule has 0 aromatic heterocycles. The molecular weight excluding hydrogens is 270 g/mol. The lowest BCUT2D eigenvalue weighted by Crippen LogP contribution is -1.78. The van der Waals surface area contributed by atoms with Crippen molar-refractivity contribution < 1.29 is 0 Å². The molecule has 0 aliphatic rings. The van der Waals surface area contributed by atoms with E-state index in [1.807, 2.05) is 12.1 Å². The van der Waals surface area contributed by atoms with Gasteiger partial charge in [-0.2, -0.15) is 0 Å². The number of benzene rings is 1. The molecule has 0 radical (unpaired) electrons. The lowest BCUT2D eigenvalue weighted by Gasteiger charge is -2.00. The summed E-state index contributed by atoms with van der Waals surface area (Å²) in [4.78, 5) is 3.36. The van der Waals surface area contributed by atoms with E-state index in [2.05, 4.69) is 36.7 Å². The Morgan fingerprint density at radius 1 is 1.45 bits per heavy atom. The second kappa shape index (κ2) is 3.89. The minimum absolute atomic E-state index is 0.668. The highest BCUT2D eigenvalue weighted by Gasteiger charge is 2.02. The first-order valence-electron chi connectivity index (χ1n) is 3.00. The highest BCUT2D eigenvalue weighted by atomic mass is 79.9. The summed E-state index contributed by atoms with van der Waals surface area (Å²) in [5.41, 5.74) is 1.78. The molecule has 0 fully saturated rings. The fourth-order valence-electron chi connectivity index (χ4n) is 0.756. The number of halogens is 2. The van der Waals surface area contributed by atoms with E-state index in [-0.39, 0.29) is 0 Å². The van der Waals surface area contributed by atoms with Gasteiger partial charge in [0.25, 0.3) is 0 Å². The lowest BCUT2D eigenvalue weighted by molar-refractivity contribution is 1.41. The third-order valence-corrected chi connectivity index (χ3v) is 2.84. The molecule has 11 heavy (non-hydrogen) atoms. The average Bonchev–Trinajstić information content (AvgIpc) is 2.05. The van der Waals surface area contributed by atoms with Crippen molar-refractivity contribution in [3.63, 3.8) is 0 Å². The molecule has 0 bridgehead atoms. The van der Waals surface area contributed by atoms with Crippen LogP contribution >= 0.6 is 31.9 Å². The van der Waals surface area contributed by atoms with E-state index < -0.39 is 0 Å². The van der Waals surface area contributed by atoms with Crippen molar-refractivity contribution >= 4 is 37.5 Å². The third kappa shape index (κ3) is 1.82. The Bertz CT molecular complexity index is 301. The summed E-state index contributed by atoms with van der Waals surface area (Å²) in [6.07, 6.45) is 0. The molecular formula is C8H5Br2N. The van der Waals surface area contributed by atoms with Gasteiger partial charge < -0.3 is 0 Å². The molecule has 0 aliphatic carbocycles. The predicted octanol–water partition coefficient (Wildman–Crippen LogP) is 3.89. The van der Waals surface area contributed by atoms with Gasteiger partial charge in [-0.3, -0.25) is 0 Å². The SMILES string of the molecule is [C-]#[N+]c1cccc(CBr)c1Br. The van der Waals surface area contributed by atoms with E-state index in [0.29, 0.717) is 5.69 Å². The maximum absolute atomic E-state index is 6.84. The van der Waals surface area contributed by atoms with Crippen LogP contribution in [0.4, 0.5) is 5.69 Å². The quantitative estimate of drug-likeness (QED) is 0.541. The fourth-order valence-corrected chi connectivity index (χ4v) is 2.09.